The van der Waals surface area contributed by atoms with E-state index in [-0.39, 0.29) is 12.2 Å². The fourth-order valence-corrected chi connectivity index (χ4v) is 1.97. The Kier molecular flexibility index (Phi) is 6.60. The number of nitrogens with zero attached hydrogens (tertiary/aromatic N) is 3. The van der Waals surface area contributed by atoms with Gasteiger partial charge in [-0.2, -0.15) is 0 Å². The van der Waals surface area contributed by atoms with Gasteiger partial charge in [0.1, 0.15) is 18.3 Å². The summed E-state index contributed by atoms with van der Waals surface area (Å²) >= 11 is 0. The Hall–Kier alpha value is -2.33. The van der Waals surface area contributed by atoms with Crippen LogP contribution in [-0.2, 0) is 19.1 Å². The predicted molar refractivity (Wildman–Crippen MR) is 70.0 cm³/mol. The first-order valence-electron chi connectivity index (χ1n) is 6.17. The number of hydrogen-bond acceptors (Lipinski definition) is 8. The zero-order valence-electron chi connectivity index (χ0n) is 11.6. The number of hydrogen-bond donors (Lipinski definition) is 4. The summed E-state index contributed by atoms with van der Waals surface area (Å²) in [4.78, 5) is 24.8. The van der Waals surface area contributed by atoms with Crippen LogP contribution in [0.2, 0.25) is 0 Å². The largest absolute Gasteiger partial charge is 0.478 e. The number of rotatable bonds is 7. The van der Waals surface area contributed by atoms with Crippen LogP contribution in [-0.4, -0.2) is 71.8 Å². The highest BCUT2D eigenvalue weighted by Crippen LogP contribution is 2.25. The second-order valence-corrected chi connectivity index (χ2v) is 4.35. The van der Waals surface area contributed by atoms with E-state index >= 15 is 0 Å². The van der Waals surface area contributed by atoms with E-state index in [1.165, 1.54) is 0 Å². The minimum Gasteiger partial charge on any atom is -0.478 e. The first-order chi connectivity index (χ1) is 10.5. The summed E-state index contributed by atoms with van der Waals surface area (Å²) in [6.07, 6.45) is -3.18. The minimum absolute atomic E-state index is 0.288. The zero-order chi connectivity index (χ0) is 16.7. The monoisotopic (exact) mass is 316 g/mol. The average molecular weight is 316 g/mol. The molecule has 0 aromatic rings. The third-order valence-corrected chi connectivity index (χ3v) is 3.06. The SMILES string of the molecule is COC(=O)C1=C[C@H](N=[N+]=[N-])[C@@H](NC=O)[C@H]([C@H](O)[C@H](O)CO)O1. The van der Waals surface area contributed by atoms with Gasteiger partial charge in [-0.05, 0) is 11.6 Å². The van der Waals surface area contributed by atoms with E-state index in [0.717, 1.165) is 13.2 Å². The third-order valence-electron chi connectivity index (χ3n) is 3.06. The van der Waals surface area contributed by atoms with Gasteiger partial charge in [0.2, 0.25) is 12.2 Å². The molecule has 0 spiro atoms. The highest BCUT2D eigenvalue weighted by molar-refractivity contribution is 5.86. The molecule has 0 bridgehead atoms. The van der Waals surface area contributed by atoms with Gasteiger partial charge in [-0.1, -0.05) is 5.11 Å². The Labute approximate surface area is 124 Å². The maximum atomic E-state index is 11.6. The summed E-state index contributed by atoms with van der Waals surface area (Å²) in [6, 6.07) is -2.12. The highest BCUT2D eigenvalue weighted by atomic mass is 16.6. The number of amides is 1. The van der Waals surface area contributed by atoms with Gasteiger partial charge in [0.05, 0.1) is 25.8 Å². The molecule has 1 aliphatic rings. The van der Waals surface area contributed by atoms with Gasteiger partial charge < -0.3 is 30.1 Å². The van der Waals surface area contributed by atoms with Crippen molar-refractivity contribution < 1.29 is 34.4 Å². The molecule has 22 heavy (non-hydrogen) atoms. The Balaban J connectivity index is 3.21. The van der Waals surface area contributed by atoms with Crippen molar-refractivity contribution in [1.29, 1.82) is 0 Å². The van der Waals surface area contributed by atoms with Crippen LogP contribution >= 0.6 is 0 Å². The summed E-state index contributed by atoms with van der Waals surface area (Å²) < 4.78 is 9.70. The molecule has 1 amide bonds. The van der Waals surface area contributed by atoms with Crippen molar-refractivity contribution in [2.24, 2.45) is 5.11 Å². The van der Waals surface area contributed by atoms with Crippen LogP contribution < -0.4 is 5.32 Å². The molecule has 0 unspecified atom stereocenters. The average Bonchev–Trinajstić information content (AvgIpc) is 2.54. The number of esters is 1. The van der Waals surface area contributed by atoms with E-state index in [0.29, 0.717) is 0 Å². The van der Waals surface area contributed by atoms with Crippen LogP contribution in [0, 0.1) is 0 Å². The van der Waals surface area contributed by atoms with E-state index < -0.39 is 43.0 Å². The molecule has 1 aliphatic heterocycles. The van der Waals surface area contributed by atoms with Crippen molar-refractivity contribution in [3.05, 3.63) is 22.3 Å². The van der Waals surface area contributed by atoms with Crippen molar-refractivity contribution in [2.45, 2.75) is 30.4 Å². The molecule has 0 saturated carbocycles. The van der Waals surface area contributed by atoms with E-state index in [1.54, 1.807) is 0 Å². The van der Waals surface area contributed by atoms with Crippen LogP contribution in [0.15, 0.2) is 16.9 Å². The fourth-order valence-electron chi connectivity index (χ4n) is 1.97. The number of carbonyl (C=O) groups is 2. The molecular weight excluding hydrogens is 300 g/mol. The van der Waals surface area contributed by atoms with Crippen molar-refractivity contribution in [3.8, 4) is 0 Å². The number of aliphatic hydroxyl groups excluding tert-OH is 3. The maximum Gasteiger partial charge on any atom is 0.372 e. The molecule has 0 aromatic heterocycles. The van der Waals surface area contributed by atoms with Gasteiger partial charge in [0.25, 0.3) is 0 Å². The molecule has 0 fully saturated rings. The number of carbonyl (C=O) groups excluding carboxylic acids is 2. The van der Waals surface area contributed by atoms with Gasteiger partial charge in [0.15, 0.2) is 0 Å². The van der Waals surface area contributed by atoms with Crippen molar-refractivity contribution in [2.75, 3.05) is 13.7 Å². The molecule has 0 saturated heterocycles. The zero-order valence-corrected chi connectivity index (χ0v) is 11.6. The van der Waals surface area contributed by atoms with E-state index in [4.69, 9.17) is 15.4 Å². The maximum absolute atomic E-state index is 11.6. The van der Waals surface area contributed by atoms with E-state index in [2.05, 4.69) is 20.1 Å². The van der Waals surface area contributed by atoms with Crippen molar-refractivity contribution in [3.63, 3.8) is 0 Å². The summed E-state index contributed by atoms with van der Waals surface area (Å²) in [5, 5.41) is 34.1. The first kappa shape index (κ1) is 17.7. The number of aliphatic hydroxyl groups is 3. The van der Waals surface area contributed by atoms with Gasteiger partial charge >= 0.3 is 5.97 Å². The molecule has 0 radical (unpaired) electrons. The van der Waals surface area contributed by atoms with Crippen LogP contribution in [0.25, 0.3) is 10.4 Å². The van der Waals surface area contributed by atoms with Gasteiger partial charge in [-0.3, -0.25) is 4.79 Å². The van der Waals surface area contributed by atoms with Gasteiger partial charge in [-0.15, -0.1) is 0 Å². The molecule has 11 heteroatoms. The van der Waals surface area contributed by atoms with Crippen molar-refractivity contribution >= 4 is 12.4 Å². The number of nitrogens with one attached hydrogen (secondary N) is 1. The van der Waals surface area contributed by atoms with Gasteiger partial charge in [-0.25, -0.2) is 4.79 Å². The smallest absolute Gasteiger partial charge is 0.372 e. The van der Waals surface area contributed by atoms with Crippen LogP contribution in [0.3, 0.4) is 0 Å². The summed E-state index contributed by atoms with van der Waals surface area (Å²) in [6.45, 7) is -0.779. The quantitative estimate of drug-likeness (QED) is 0.137. The van der Waals surface area contributed by atoms with Gasteiger partial charge in [0, 0.05) is 4.91 Å². The lowest BCUT2D eigenvalue weighted by Gasteiger charge is -2.38. The summed E-state index contributed by atoms with van der Waals surface area (Å²) in [7, 11) is 1.10. The molecule has 11 nitrogen and oxygen atoms in total. The van der Waals surface area contributed by atoms with E-state index in [1.807, 2.05) is 0 Å². The Morgan fingerprint density at radius 3 is 2.86 bits per heavy atom. The molecule has 122 valence electrons. The molecule has 0 aliphatic carbocycles. The first-order valence-corrected chi connectivity index (χ1v) is 6.17. The second-order valence-electron chi connectivity index (χ2n) is 4.35. The molecule has 0 aromatic carbocycles. The lowest BCUT2D eigenvalue weighted by molar-refractivity contribution is -0.148. The number of methoxy groups -OCH3 is 1. The van der Waals surface area contributed by atoms with Crippen LogP contribution in [0.4, 0.5) is 0 Å². The minimum atomic E-state index is -1.66. The Bertz CT molecular complexity index is 491. The lowest BCUT2D eigenvalue weighted by atomic mass is 9.93. The molecule has 1 rings (SSSR count). The van der Waals surface area contributed by atoms with E-state index in [9.17, 15) is 19.8 Å². The number of ether oxygens (including phenoxy) is 2. The topological polar surface area (TPSA) is 174 Å². The second kappa shape index (κ2) is 8.20. The van der Waals surface area contributed by atoms with Crippen LogP contribution in [0.5, 0.6) is 0 Å². The standard InChI is InChI=1S/C11H16N4O7/c1-21-11(20)7-2-5(14-15-12)8(13-4-17)10(22-7)9(19)6(18)3-16/h2,4-6,8-10,16,18-19H,3H2,1H3,(H,13,17)/t5-,6+,8+,9+,10+/m0/s1. The third kappa shape index (κ3) is 3.86. The molecule has 5 atom stereocenters. The molecular formula is C11H16N4O7. The fraction of sp³-hybridized carbons (Fsp3) is 0.636. The molecule has 1 heterocycles. The summed E-state index contributed by atoms with van der Waals surface area (Å²) in [5.74, 6) is -1.24. The lowest BCUT2D eigenvalue weighted by Crippen LogP contribution is -2.58. The normalized spacial score (nSPS) is 26.5. The highest BCUT2D eigenvalue weighted by Gasteiger charge is 2.42. The Morgan fingerprint density at radius 2 is 2.36 bits per heavy atom. The molecule has 4 N–H and O–H groups in total. The Morgan fingerprint density at radius 1 is 1.68 bits per heavy atom. The van der Waals surface area contributed by atoms with Crippen molar-refractivity contribution in [1.82, 2.24) is 5.32 Å². The summed E-state index contributed by atoms with van der Waals surface area (Å²) in [5.41, 5.74) is 8.57. The number of azide groups is 1. The predicted octanol–water partition coefficient (Wildman–Crippen LogP) is -2.05. The van der Waals surface area contributed by atoms with Crippen LogP contribution in [0.1, 0.15) is 0 Å².